The van der Waals surface area contributed by atoms with Crippen molar-refractivity contribution in [3.8, 4) is 5.75 Å². The van der Waals surface area contributed by atoms with Gasteiger partial charge in [0.2, 0.25) is 17.6 Å². The average molecular weight is 739 g/mol. The van der Waals surface area contributed by atoms with Crippen LogP contribution in [0.1, 0.15) is 24.3 Å². The van der Waals surface area contributed by atoms with E-state index in [9.17, 15) is 51.9 Å². The summed E-state index contributed by atoms with van der Waals surface area (Å²) in [4.78, 5) is 51.0. The highest BCUT2D eigenvalue weighted by molar-refractivity contribution is 6.59. The van der Waals surface area contributed by atoms with E-state index in [1.165, 1.54) is 30.3 Å². The Morgan fingerprint density at radius 2 is 1.42 bits per heavy atom. The van der Waals surface area contributed by atoms with E-state index in [2.05, 4.69) is 0 Å². The van der Waals surface area contributed by atoms with Gasteiger partial charge in [-0.25, -0.2) is 31.2 Å². The summed E-state index contributed by atoms with van der Waals surface area (Å²) < 4.78 is 87.8. The van der Waals surface area contributed by atoms with Gasteiger partial charge < -0.3 is 15.2 Å². The lowest BCUT2D eigenvalue weighted by molar-refractivity contribution is -0.125. The summed E-state index contributed by atoms with van der Waals surface area (Å²) in [6.07, 6.45) is 0.465. The van der Waals surface area contributed by atoms with Crippen LogP contribution in [-0.4, -0.2) is 55.7 Å². The van der Waals surface area contributed by atoms with Gasteiger partial charge in [0, 0.05) is 5.92 Å². The van der Waals surface area contributed by atoms with Gasteiger partial charge in [0.25, 0.3) is 11.8 Å². The van der Waals surface area contributed by atoms with E-state index in [1.54, 1.807) is 0 Å². The summed E-state index contributed by atoms with van der Waals surface area (Å²) in [5.41, 5.74) is -2.20. The molecule has 0 spiro atoms. The molecule has 6 unspecified atom stereocenters. The average Bonchev–Trinajstić information content (AvgIpc) is 3.42. The summed E-state index contributed by atoms with van der Waals surface area (Å²) >= 11 is 14.0. The zero-order valence-corrected chi connectivity index (χ0v) is 26.3. The Hall–Kier alpha value is -4.38. The Labute approximate surface area is 287 Å². The van der Waals surface area contributed by atoms with Crippen LogP contribution in [-0.2, 0) is 19.2 Å². The van der Waals surface area contributed by atoms with E-state index in [1.807, 2.05) is 0 Å². The normalized spacial score (nSPS) is 28.9. The third-order valence-corrected chi connectivity index (χ3v) is 11.4. The van der Waals surface area contributed by atoms with Gasteiger partial charge >= 0.3 is 7.12 Å². The molecule has 3 fully saturated rings. The maximum Gasteiger partial charge on any atom is 0.488 e. The van der Waals surface area contributed by atoms with Crippen molar-refractivity contribution >= 4 is 70.8 Å². The van der Waals surface area contributed by atoms with Gasteiger partial charge in [0.1, 0.15) is 5.69 Å². The third-order valence-electron chi connectivity index (χ3n) is 9.95. The van der Waals surface area contributed by atoms with Crippen LogP contribution in [0.5, 0.6) is 5.75 Å². The van der Waals surface area contributed by atoms with Gasteiger partial charge in [-0.15, -0.1) is 23.2 Å². The fourth-order valence-corrected chi connectivity index (χ4v) is 8.66. The van der Waals surface area contributed by atoms with Crippen LogP contribution in [0.4, 0.5) is 37.7 Å². The Morgan fingerprint density at radius 1 is 0.780 bits per heavy atom. The van der Waals surface area contributed by atoms with E-state index in [0.717, 1.165) is 23.1 Å². The number of anilines is 2. The van der Waals surface area contributed by atoms with Gasteiger partial charge in [-0.2, -0.15) is 0 Å². The van der Waals surface area contributed by atoms with Gasteiger partial charge in [-0.1, -0.05) is 29.8 Å². The van der Waals surface area contributed by atoms with E-state index in [4.69, 9.17) is 23.2 Å². The van der Waals surface area contributed by atoms with Crippen LogP contribution in [0.3, 0.4) is 0 Å². The zero-order chi connectivity index (χ0) is 36.4. The molecule has 7 rings (SSSR count). The number of phenolic OH excluding ortho intramolecular Hbond substituents is 1. The molecule has 2 saturated heterocycles. The fourth-order valence-electron chi connectivity index (χ4n) is 7.72. The molecule has 50 heavy (non-hydrogen) atoms. The van der Waals surface area contributed by atoms with Crippen molar-refractivity contribution in [3.05, 3.63) is 94.6 Å². The number of hydrogen-bond donors (Lipinski definition) is 3. The van der Waals surface area contributed by atoms with Crippen molar-refractivity contribution in [2.45, 2.75) is 28.5 Å². The van der Waals surface area contributed by atoms with Crippen LogP contribution in [0.2, 0.25) is 0 Å². The topological polar surface area (TPSA) is 135 Å². The number of nitrogens with zero attached hydrogens (tertiary/aromatic N) is 2. The molecule has 9 nitrogen and oxygen atoms in total. The number of phenols is 1. The van der Waals surface area contributed by atoms with Crippen LogP contribution < -0.4 is 15.3 Å². The Balaban J connectivity index is 1.42. The molecule has 2 aliphatic carbocycles. The van der Waals surface area contributed by atoms with Crippen molar-refractivity contribution < 1.29 is 60.7 Å². The maximum atomic E-state index is 15.1. The van der Waals surface area contributed by atoms with Crippen LogP contribution in [0.25, 0.3) is 0 Å². The first-order valence-electron chi connectivity index (χ1n) is 14.8. The van der Waals surface area contributed by atoms with E-state index < -0.39 is 117 Å². The lowest BCUT2D eigenvalue weighted by Gasteiger charge is -2.50. The number of allylic oxidation sites excluding steroid dienone is 2. The minimum atomic E-state index is -2.86. The summed E-state index contributed by atoms with van der Waals surface area (Å²) in [5.74, 6) is -25.2. The summed E-state index contributed by atoms with van der Waals surface area (Å²) in [6.45, 7) is 0. The second-order valence-electron chi connectivity index (χ2n) is 12.4. The molecule has 3 aromatic carbocycles. The van der Waals surface area contributed by atoms with Crippen LogP contribution in [0.15, 0.2) is 54.1 Å². The summed E-state index contributed by atoms with van der Waals surface area (Å²) in [6, 6.07) is 7.91. The third kappa shape index (κ3) is 4.31. The number of benzene rings is 3. The maximum absolute atomic E-state index is 15.1. The van der Waals surface area contributed by atoms with Crippen molar-refractivity contribution in [2.75, 3.05) is 9.80 Å². The van der Waals surface area contributed by atoms with Crippen LogP contribution >= 0.6 is 23.2 Å². The number of rotatable bonds is 4. The molecule has 0 radical (unpaired) electrons. The quantitative estimate of drug-likeness (QED) is 0.0708. The predicted octanol–water partition coefficient (Wildman–Crippen LogP) is 3.67. The number of imide groups is 2. The molecule has 1 saturated carbocycles. The summed E-state index contributed by atoms with van der Waals surface area (Å²) in [7, 11) is -1.96. The molecule has 0 aromatic heterocycles. The zero-order valence-electron chi connectivity index (χ0n) is 24.8. The predicted molar refractivity (Wildman–Crippen MR) is 163 cm³/mol. The Kier molecular flexibility index (Phi) is 7.72. The Morgan fingerprint density at radius 3 is 2.04 bits per heavy atom. The van der Waals surface area contributed by atoms with Crippen molar-refractivity contribution in [3.63, 3.8) is 0 Å². The highest BCUT2D eigenvalue weighted by Crippen LogP contribution is 2.66. The number of halogens is 8. The second kappa shape index (κ2) is 11.3. The smallest absolute Gasteiger partial charge is 0.488 e. The second-order valence-corrected chi connectivity index (χ2v) is 13.6. The van der Waals surface area contributed by atoms with Crippen molar-refractivity contribution in [1.29, 1.82) is 0 Å². The molecule has 4 amide bonds. The molecule has 2 heterocycles. The van der Waals surface area contributed by atoms with E-state index in [-0.39, 0.29) is 33.6 Å². The molecule has 3 aromatic rings. The largest absolute Gasteiger partial charge is 0.505 e. The minimum absolute atomic E-state index is 0.0357. The summed E-state index contributed by atoms with van der Waals surface area (Å²) in [5, 5.41) is 29.2. The molecule has 3 N–H and O–H groups in total. The molecular formula is C32H19BCl2F6N2O7. The van der Waals surface area contributed by atoms with Crippen LogP contribution in [0, 0.1) is 52.7 Å². The minimum Gasteiger partial charge on any atom is -0.505 e. The molecule has 2 aliphatic heterocycles. The SMILES string of the molecule is O=C1C2CC=C3C(CC4(Cl)C(=O)N(c5c(F)c(F)c(F)c(F)c5F)C(=O)C4(Cl)C3c3ccc(O)c(F)c3)C2C(=O)N1c1cccc(B(O)O)c1. The number of hydrogen-bond acceptors (Lipinski definition) is 7. The van der Waals surface area contributed by atoms with E-state index in [0.29, 0.717) is 0 Å². The van der Waals surface area contributed by atoms with Gasteiger partial charge in [-0.05, 0) is 54.1 Å². The van der Waals surface area contributed by atoms with Gasteiger partial charge in [0.05, 0.1) is 17.5 Å². The Bertz CT molecular complexity index is 2090. The number of carbonyl (C=O) groups excluding carboxylic acids is 4. The van der Waals surface area contributed by atoms with E-state index >= 15 is 8.78 Å². The molecule has 6 atom stereocenters. The first kappa shape index (κ1) is 34.1. The number of amides is 4. The number of alkyl halides is 2. The standard InChI is InChI=1S/C32H19BCl2F6N2O7/c34-31-10-16-14(5-6-15-19(16)28(46)42(27(15)45)13-3-1-2-12(9-13)33(49)50)20(11-4-7-18(44)17(36)8-11)32(31,35)30(48)43(29(31)47)26-24(40)22(38)21(37)23(39)25(26)41/h1-5,7-9,15-16,19-20,44,49-50H,6,10H2. The van der Waals surface area contributed by atoms with Crippen molar-refractivity contribution in [1.82, 2.24) is 0 Å². The number of aromatic hydroxyl groups is 1. The van der Waals surface area contributed by atoms with Crippen molar-refractivity contribution in [2.24, 2.45) is 17.8 Å². The van der Waals surface area contributed by atoms with Gasteiger partial charge in [0.15, 0.2) is 44.6 Å². The highest BCUT2D eigenvalue weighted by Gasteiger charge is 2.77. The number of carbonyl (C=O) groups is 4. The monoisotopic (exact) mass is 738 g/mol. The molecule has 4 aliphatic rings. The molecular weight excluding hydrogens is 720 g/mol. The lowest BCUT2D eigenvalue weighted by Crippen LogP contribution is -2.60. The molecule has 0 bridgehead atoms. The first-order valence-corrected chi connectivity index (χ1v) is 15.5. The molecule has 258 valence electrons. The fraction of sp³-hybridized carbons (Fsp3) is 0.250. The van der Waals surface area contributed by atoms with Gasteiger partial charge in [-0.3, -0.25) is 24.1 Å². The lowest BCUT2D eigenvalue weighted by atomic mass is 9.56. The first-order chi connectivity index (χ1) is 23.5. The molecule has 18 heteroatoms. The highest BCUT2D eigenvalue weighted by atomic mass is 35.5. The number of fused-ring (bicyclic) bond motifs is 4.